The number of alkyl halides is 2. The van der Waals surface area contributed by atoms with Crippen LogP contribution in [0.1, 0.15) is 82.3 Å². The van der Waals surface area contributed by atoms with Crippen molar-refractivity contribution >= 4 is 38.5 Å². The van der Waals surface area contributed by atoms with Crippen molar-refractivity contribution in [3.63, 3.8) is 0 Å². The van der Waals surface area contributed by atoms with Gasteiger partial charge in [0.05, 0.1) is 21.6 Å². The van der Waals surface area contributed by atoms with Crippen LogP contribution in [0, 0.1) is 5.92 Å². The van der Waals surface area contributed by atoms with Crippen molar-refractivity contribution in [2.75, 3.05) is 13.1 Å². The lowest BCUT2D eigenvalue weighted by atomic mass is 9.94. The first kappa shape index (κ1) is 32.6. The first-order chi connectivity index (χ1) is 21.0. The number of H-pyrrole nitrogens is 1. The number of hydrogen-bond donors (Lipinski definition) is 1. The minimum absolute atomic E-state index is 0.103. The highest BCUT2D eigenvalue weighted by molar-refractivity contribution is 7.92. The molecule has 0 amide bonds. The molecule has 2 fully saturated rings. The summed E-state index contributed by atoms with van der Waals surface area (Å²) in [6.07, 6.45) is 6.25. The Morgan fingerprint density at radius 2 is 1.80 bits per heavy atom. The fourth-order valence-corrected chi connectivity index (χ4v) is 8.67. The number of nitrogens with zero attached hydrogens (tertiary/aromatic N) is 1. The molecule has 5 rings (SSSR count). The number of nitrogens with one attached hydrogen (secondary N) is 1. The Labute approximate surface area is 261 Å². The number of likely N-dealkylation sites (tertiary alicyclic amines) is 1. The number of halogens is 3. The van der Waals surface area contributed by atoms with E-state index in [2.05, 4.69) is 9.88 Å². The van der Waals surface area contributed by atoms with Crippen LogP contribution in [0.15, 0.2) is 50.5 Å². The molecule has 3 aromatic rings. The van der Waals surface area contributed by atoms with Gasteiger partial charge in [-0.3, -0.25) is 9.78 Å². The van der Waals surface area contributed by atoms with Crippen LogP contribution in [0.4, 0.5) is 8.78 Å². The number of hydrogen-bond acceptors (Lipinski definition) is 7. The fourth-order valence-electron chi connectivity index (χ4n) is 6.58. The summed E-state index contributed by atoms with van der Waals surface area (Å²) in [5.41, 5.74) is 0.967. The van der Waals surface area contributed by atoms with Crippen molar-refractivity contribution < 1.29 is 31.1 Å². The third kappa shape index (κ3) is 7.54. The van der Waals surface area contributed by atoms with Crippen LogP contribution >= 0.6 is 11.6 Å². The summed E-state index contributed by atoms with van der Waals surface area (Å²) in [5.74, 6) is -4.18. The first-order valence-corrected chi connectivity index (χ1v) is 17.3. The molecule has 12 heteroatoms. The summed E-state index contributed by atoms with van der Waals surface area (Å²) < 4.78 is 66.0. The number of oxazole rings is 1. The van der Waals surface area contributed by atoms with E-state index in [9.17, 15) is 26.8 Å². The van der Waals surface area contributed by atoms with Gasteiger partial charge in [-0.25, -0.2) is 22.0 Å². The van der Waals surface area contributed by atoms with Crippen LogP contribution in [0.5, 0.6) is 0 Å². The van der Waals surface area contributed by atoms with Crippen LogP contribution in [0.2, 0.25) is 5.02 Å². The summed E-state index contributed by atoms with van der Waals surface area (Å²) in [6.45, 7) is 2.94. The van der Waals surface area contributed by atoms with E-state index in [0.717, 1.165) is 45.2 Å². The van der Waals surface area contributed by atoms with E-state index < -0.39 is 26.8 Å². The van der Waals surface area contributed by atoms with E-state index in [0.29, 0.717) is 36.8 Å². The highest BCUT2D eigenvalue weighted by atomic mass is 35.5. The second-order valence-corrected chi connectivity index (χ2v) is 14.7. The lowest BCUT2D eigenvalue weighted by Crippen LogP contribution is -2.38. The molecular formula is C32H39ClF2N2O6S. The highest BCUT2D eigenvalue weighted by Crippen LogP contribution is 2.35. The van der Waals surface area contributed by atoms with Crippen LogP contribution < -0.4 is 5.76 Å². The van der Waals surface area contributed by atoms with E-state index in [1.165, 1.54) is 31.2 Å². The minimum Gasteiger partial charge on any atom is -0.461 e. The molecule has 1 aliphatic heterocycles. The van der Waals surface area contributed by atoms with Gasteiger partial charge in [-0.2, -0.15) is 0 Å². The predicted octanol–water partition coefficient (Wildman–Crippen LogP) is 6.99. The van der Waals surface area contributed by atoms with Gasteiger partial charge in [0.15, 0.2) is 15.4 Å². The molecule has 240 valence electrons. The van der Waals surface area contributed by atoms with Crippen molar-refractivity contribution in [2.45, 2.75) is 99.8 Å². The number of benzene rings is 2. The second kappa shape index (κ2) is 13.7. The Hall–Kier alpha value is -2.76. The number of rotatable bonds is 8. The quantitative estimate of drug-likeness (QED) is 0.206. The molecule has 1 aliphatic carbocycles. The van der Waals surface area contributed by atoms with Gasteiger partial charge >= 0.3 is 11.7 Å². The normalized spacial score (nSPS) is 21.5. The largest absolute Gasteiger partial charge is 0.461 e. The Balaban J connectivity index is 1.12. The number of carbonyl (C=O) groups is 1. The van der Waals surface area contributed by atoms with Crippen molar-refractivity contribution in [3.05, 3.63) is 63.1 Å². The van der Waals surface area contributed by atoms with Gasteiger partial charge in [0, 0.05) is 29.1 Å². The first-order valence-electron chi connectivity index (χ1n) is 15.4. The fraction of sp³-hybridized carbons (Fsp3) is 0.562. The Morgan fingerprint density at radius 1 is 1.05 bits per heavy atom. The van der Waals surface area contributed by atoms with Gasteiger partial charge < -0.3 is 14.1 Å². The molecule has 0 spiro atoms. The van der Waals surface area contributed by atoms with Crippen LogP contribution in [-0.2, 0) is 31.9 Å². The monoisotopic (exact) mass is 652 g/mol. The average Bonchev–Trinajstić information content (AvgIpc) is 3.17. The molecule has 2 aliphatic rings. The van der Waals surface area contributed by atoms with Gasteiger partial charge in [-0.15, -0.1) is 0 Å². The topological polar surface area (TPSA) is 110 Å². The number of aromatic nitrogens is 1. The van der Waals surface area contributed by atoms with Crippen molar-refractivity contribution in [1.29, 1.82) is 0 Å². The lowest BCUT2D eigenvalue weighted by molar-refractivity contribution is -0.150. The number of sulfone groups is 1. The summed E-state index contributed by atoms with van der Waals surface area (Å²) >= 11 is 6.06. The van der Waals surface area contributed by atoms with Gasteiger partial charge in [0.25, 0.3) is 5.92 Å². The summed E-state index contributed by atoms with van der Waals surface area (Å²) in [4.78, 5) is 29.6. The molecule has 1 N–H and O–H groups in total. The number of ether oxygens (including phenoxy) is 1. The van der Waals surface area contributed by atoms with Crippen LogP contribution in [0.3, 0.4) is 0 Å². The zero-order valence-corrected chi connectivity index (χ0v) is 26.4. The van der Waals surface area contributed by atoms with E-state index in [-0.39, 0.29) is 52.0 Å². The summed E-state index contributed by atoms with van der Waals surface area (Å²) in [7, 11) is -3.58. The van der Waals surface area contributed by atoms with E-state index in [1.807, 2.05) is 0 Å². The number of carbonyl (C=O) groups excluding carboxylic acids is 1. The predicted molar refractivity (Wildman–Crippen MR) is 164 cm³/mol. The third-order valence-corrected chi connectivity index (χ3v) is 11.6. The summed E-state index contributed by atoms with van der Waals surface area (Å²) in [6, 6.07) is 8.95. The highest BCUT2D eigenvalue weighted by Gasteiger charge is 2.33. The average molecular weight is 653 g/mol. The van der Waals surface area contributed by atoms with E-state index >= 15 is 0 Å². The molecular weight excluding hydrogens is 614 g/mol. The zero-order valence-electron chi connectivity index (χ0n) is 24.8. The van der Waals surface area contributed by atoms with Gasteiger partial charge in [-0.1, -0.05) is 24.9 Å². The van der Waals surface area contributed by atoms with Crippen LogP contribution in [-0.4, -0.2) is 48.7 Å². The standard InChI is InChI=1S/C32H39ClF2N2O6S/c1-2-32(34,35)23-16-21(17-24(33)18-23)20-42-30(38)22-6-4-14-37(15-5-7-22)25-8-3-9-26(11-10-25)44(40,41)27-12-13-28-29(19-27)43-31(39)36-28/h12-13,16-19,22,25-26H,2-11,14-15,20H2,1H3,(H,36,39). The number of esters is 1. The maximum atomic E-state index is 14.2. The molecule has 0 bridgehead atoms. The molecule has 2 heterocycles. The zero-order chi connectivity index (χ0) is 31.5. The van der Waals surface area contributed by atoms with Crippen LogP contribution in [0.25, 0.3) is 11.1 Å². The molecule has 1 saturated heterocycles. The molecule has 1 aromatic heterocycles. The van der Waals surface area contributed by atoms with Crippen molar-refractivity contribution in [3.8, 4) is 0 Å². The Kier molecular flexibility index (Phi) is 10.2. The number of fused-ring (bicyclic) bond motifs is 1. The molecule has 2 atom stereocenters. The summed E-state index contributed by atoms with van der Waals surface area (Å²) in [5, 5.41) is -0.309. The molecule has 0 radical (unpaired) electrons. The molecule has 44 heavy (non-hydrogen) atoms. The molecule has 1 saturated carbocycles. The van der Waals surface area contributed by atoms with Crippen molar-refractivity contribution in [2.24, 2.45) is 5.92 Å². The molecule has 2 aromatic carbocycles. The SMILES string of the molecule is CCC(F)(F)c1cc(Cl)cc(COC(=O)C2CCCN(C3CCCC(S(=O)(=O)c4ccc5[nH]c(=O)oc5c4)CC3)CCC2)c1. The minimum atomic E-state index is -3.58. The van der Waals surface area contributed by atoms with Gasteiger partial charge in [-0.05, 0) is 100 Å². The molecule has 2 unspecified atom stereocenters. The molecule has 8 nitrogen and oxygen atoms in total. The Bertz CT molecular complexity index is 1630. The maximum Gasteiger partial charge on any atom is 0.417 e. The van der Waals surface area contributed by atoms with Gasteiger partial charge in [0.1, 0.15) is 6.61 Å². The van der Waals surface area contributed by atoms with E-state index in [4.69, 9.17) is 20.8 Å². The van der Waals surface area contributed by atoms with E-state index in [1.54, 1.807) is 12.1 Å². The second-order valence-electron chi connectivity index (χ2n) is 12.0. The Morgan fingerprint density at radius 3 is 2.52 bits per heavy atom. The smallest absolute Gasteiger partial charge is 0.417 e. The maximum absolute atomic E-state index is 14.2. The third-order valence-electron chi connectivity index (χ3n) is 9.10. The van der Waals surface area contributed by atoms with Gasteiger partial charge in [0.2, 0.25) is 0 Å². The van der Waals surface area contributed by atoms with Crippen molar-refractivity contribution in [1.82, 2.24) is 9.88 Å². The lowest BCUT2D eigenvalue weighted by Gasteiger charge is -2.33. The number of aromatic amines is 1.